The van der Waals surface area contributed by atoms with Gasteiger partial charge in [0.25, 0.3) is 11.5 Å². The summed E-state index contributed by atoms with van der Waals surface area (Å²) in [6.45, 7) is 3.50. The highest BCUT2D eigenvalue weighted by Gasteiger charge is 2.13. The standard InChI is InChI=1S/C22H24N4O5/c1-13(2)24-21(28)14-5-7-16-18(9-14)23-12-26(22(16)29)11-20(27)25-17-8-6-15(30-3)10-19(17)31-4/h5-10,12-13H,11H2,1-4H3,(H,24,28)(H,25,27). The van der Waals surface area contributed by atoms with E-state index >= 15 is 0 Å². The van der Waals surface area contributed by atoms with E-state index in [1.807, 2.05) is 13.8 Å². The van der Waals surface area contributed by atoms with Crippen LogP contribution in [-0.2, 0) is 11.3 Å². The fraction of sp³-hybridized carbons (Fsp3) is 0.273. The minimum atomic E-state index is -0.417. The minimum Gasteiger partial charge on any atom is -0.497 e. The maximum Gasteiger partial charge on any atom is 0.261 e. The van der Waals surface area contributed by atoms with E-state index in [9.17, 15) is 14.4 Å². The Balaban J connectivity index is 1.80. The van der Waals surface area contributed by atoms with E-state index in [2.05, 4.69) is 15.6 Å². The predicted molar refractivity (Wildman–Crippen MR) is 117 cm³/mol. The average Bonchev–Trinajstić information content (AvgIpc) is 2.75. The van der Waals surface area contributed by atoms with Crippen LogP contribution in [0.5, 0.6) is 11.5 Å². The van der Waals surface area contributed by atoms with E-state index in [0.717, 1.165) is 0 Å². The molecule has 9 nitrogen and oxygen atoms in total. The number of anilines is 1. The first-order chi connectivity index (χ1) is 14.8. The molecule has 0 bridgehead atoms. The highest BCUT2D eigenvalue weighted by Crippen LogP contribution is 2.28. The second kappa shape index (κ2) is 9.29. The Morgan fingerprint density at radius 3 is 2.55 bits per heavy atom. The van der Waals surface area contributed by atoms with Gasteiger partial charge in [-0.05, 0) is 44.2 Å². The van der Waals surface area contributed by atoms with Gasteiger partial charge < -0.3 is 20.1 Å². The lowest BCUT2D eigenvalue weighted by Crippen LogP contribution is -2.30. The van der Waals surface area contributed by atoms with Crippen LogP contribution in [0.25, 0.3) is 10.9 Å². The molecule has 3 rings (SSSR count). The molecule has 0 spiro atoms. The summed E-state index contributed by atoms with van der Waals surface area (Å²) in [5.41, 5.74) is 0.874. The highest BCUT2D eigenvalue weighted by atomic mass is 16.5. The molecule has 162 valence electrons. The first kappa shape index (κ1) is 21.8. The number of carbonyl (C=O) groups is 2. The molecule has 2 amide bonds. The van der Waals surface area contributed by atoms with Crippen molar-refractivity contribution in [1.82, 2.24) is 14.9 Å². The number of nitrogens with zero attached hydrogens (tertiary/aromatic N) is 2. The lowest BCUT2D eigenvalue weighted by Gasteiger charge is -2.12. The highest BCUT2D eigenvalue weighted by molar-refractivity contribution is 5.98. The molecule has 0 aliphatic rings. The molecule has 0 aliphatic heterocycles. The number of fused-ring (bicyclic) bond motifs is 1. The van der Waals surface area contributed by atoms with E-state index in [4.69, 9.17) is 9.47 Å². The van der Waals surface area contributed by atoms with Crippen LogP contribution in [0.2, 0.25) is 0 Å². The fourth-order valence-electron chi connectivity index (χ4n) is 3.00. The summed E-state index contributed by atoms with van der Waals surface area (Å²) < 4.78 is 11.6. The summed E-state index contributed by atoms with van der Waals surface area (Å²) in [5, 5.41) is 5.83. The quantitative estimate of drug-likeness (QED) is 0.601. The van der Waals surface area contributed by atoms with Crippen LogP contribution in [0.1, 0.15) is 24.2 Å². The van der Waals surface area contributed by atoms with Crippen LogP contribution in [-0.4, -0.2) is 41.6 Å². The largest absolute Gasteiger partial charge is 0.497 e. The van der Waals surface area contributed by atoms with Crippen molar-refractivity contribution in [3.05, 3.63) is 58.6 Å². The Hall–Kier alpha value is -3.88. The number of ether oxygens (including phenoxy) is 2. The van der Waals surface area contributed by atoms with E-state index < -0.39 is 5.91 Å². The molecule has 0 fully saturated rings. The molecule has 2 aromatic carbocycles. The summed E-state index contributed by atoms with van der Waals surface area (Å²) in [6.07, 6.45) is 1.29. The van der Waals surface area contributed by atoms with Crippen LogP contribution in [0.4, 0.5) is 5.69 Å². The van der Waals surface area contributed by atoms with Gasteiger partial charge in [0.15, 0.2) is 0 Å². The summed E-state index contributed by atoms with van der Waals surface area (Å²) in [7, 11) is 3.02. The second-order valence-electron chi connectivity index (χ2n) is 7.15. The maximum absolute atomic E-state index is 12.8. The molecule has 0 saturated heterocycles. The topological polar surface area (TPSA) is 112 Å². The molecule has 1 heterocycles. The zero-order valence-electron chi connectivity index (χ0n) is 17.8. The van der Waals surface area contributed by atoms with Crippen molar-refractivity contribution < 1.29 is 19.1 Å². The lowest BCUT2D eigenvalue weighted by molar-refractivity contribution is -0.116. The number of hydrogen-bond acceptors (Lipinski definition) is 6. The average molecular weight is 424 g/mol. The van der Waals surface area contributed by atoms with Crippen molar-refractivity contribution in [1.29, 1.82) is 0 Å². The number of benzene rings is 2. The van der Waals surface area contributed by atoms with Gasteiger partial charge in [0.2, 0.25) is 5.91 Å². The smallest absolute Gasteiger partial charge is 0.261 e. The monoisotopic (exact) mass is 424 g/mol. The van der Waals surface area contributed by atoms with Crippen molar-refractivity contribution in [2.24, 2.45) is 0 Å². The van der Waals surface area contributed by atoms with Crippen LogP contribution in [0.3, 0.4) is 0 Å². The van der Waals surface area contributed by atoms with Crippen LogP contribution < -0.4 is 25.7 Å². The third-order valence-corrected chi connectivity index (χ3v) is 4.50. The molecule has 0 radical (unpaired) electrons. The maximum atomic E-state index is 12.8. The van der Waals surface area contributed by atoms with Crippen LogP contribution >= 0.6 is 0 Å². The van der Waals surface area contributed by atoms with Gasteiger partial charge in [0, 0.05) is 17.7 Å². The number of hydrogen-bond donors (Lipinski definition) is 2. The summed E-state index contributed by atoms with van der Waals surface area (Å²) in [4.78, 5) is 41.7. The summed E-state index contributed by atoms with van der Waals surface area (Å²) >= 11 is 0. The van der Waals surface area contributed by atoms with Gasteiger partial charge in [-0.3, -0.25) is 19.0 Å². The molecule has 2 N–H and O–H groups in total. The molecule has 1 aromatic heterocycles. The molecule has 3 aromatic rings. The van der Waals surface area contributed by atoms with Crippen molar-refractivity contribution in [3.8, 4) is 11.5 Å². The number of methoxy groups -OCH3 is 2. The SMILES string of the molecule is COc1ccc(NC(=O)Cn2cnc3cc(C(=O)NC(C)C)ccc3c2=O)c(OC)c1. The Bertz CT molecular complexity index is 1190. The van der Waals surface area contributed by atoms with Crippen molar-refractivity contribution >= 4 is 28.4 Å². The van der Waals surface area contributed by atoms with Crippen LogP contribution in [0, 0.1) is 0 Å². The van der Waals surface area contributed by atoms with Crippen molar-refractivity contribution in [2.75, 3.05) is 19.5 Å². The molecule has 0 atom stereocenters. The Kier molecular flexibility index (Phi) is 6.54. The summed E-state index contributed by atoms with van der Waals surface area (Å²) in [6, 6.07) is 9.65. The van der Waals surface area contributed by atoms with E-state index in [0.29, 0.717) is 33.7 Å². The molecule has 9 heteroatoms. The zero-order valence-corrected chi connectivity index (χ0v) is 17.8. The van der Waals surface area contributed by atoms with Gasteiger partial charge in [-0.2, -0.15) is 0 Å². The number of aromatic nitrogens is 2. The Morgan fingerprint density at radius 2 is 1.87 bits per heavy atom. The third kappa shape index (κ3) is 5.00. The van der Waals surface area contributed by atoms with E-state index in [1.54, 1.807) is 36.4 Å². The molecule has 0 saturated carbocycles. The molecule has 0 unspecified atom stereocenters. The minimum absolute atomic E-state index is 0.00741. The molecular formula is C22H24N4O5. The van der Waals surface area contributed by atoms with Gasteiger partial charge >= 0.3 is 0 Å². The number of rotatable bonds is 7. The normalized spacial score (nSPS) is 10.7. The zero-order chi connectivity index (χ0) is 22.5. The van der Waals surface area contributed by atoms with Crippen molar-refractivity contribution in [2.45, 2.75) is 26.4 Å². The van der Waals surface area contributed by atoms with E-state index in [1.165, 1.54) is 25.1 Å². The van der Waals surface area contributed by atoms with Gasteiger partial charge in [0.05, 0.1) is 37.1 Å². The fourth-order valence-corrected chi connectivity index (χ4v) is 3.00. The Morgan fingerprint density at radius 1 is 1.10 bits per heavy atom. The molecule has 0 aliphatic carbocycles. The first-order valence-electron chi connectivity index (χ1n) is 9.64. The first-order valence-corrected chi connectivity index (χ1v) is 9.64. The van der Waals surface area contributed by atoms with Gasteiger partial charge in [0.1, 0.15) is 18.0 Å². The molecule has 31 heavy (non-hydrogen) atoms. The predicted octanol–water partition coefficient (Wildman–Crippen LogP) is 2.19. The number of carbonyl (C=O) groups excluding carboxylic acids is 2. The summed E-state index contributed by atoms with van der Waals surface area (Å²) in [5.74, 6) is 0.366. The number of amides is 2. The third-order valence-electron chi connectivity index (χ3n) is 4.50. The molecular weight excluding hydrogens is 400 g/mol. The number of nitrogens with one attached hydrogen (secondary N) is 2. The van der Waals surface area contributed by atoms with Gasteiger partial charge in [-0.25, -0.2) is 4.98 Å². The van der Waals surface area contributed by atoms with Gasteiger partial charge in [-0.1, -0.05) is 0 Å². The van der Waals surface area contributed by atoms with E-state index in [-0.39, 0.29) is 24.1 Å². The van der Waals surface area contributed by atoms with Gasteiger partial charge in [-0.15, -0.1) is 0 Å². The second-order valence-corrected chi connectivity index (χ2v) is 7.15. The van der Waals surface area contributed by atoms with Crippen LogP contribution in [0.15, 0.2) is 47.5 Å². The van der Waals surface area contributed by atoms with Crippen molar-refractivity contribution in [3.63, 3.8) is 0 Å². The Labute approximate surface area is 179 Å². The lowest BCUT2D eigenvalue weighted by atomic mass is 10.1.